The number of rotatable bonds is 2. The number of methoxy groups -OCH3 is 1. The summed E-state index contributed by atoms with van der Waals surface area (Å²) in [7, 11) is 3.42. The molecule has 0 atom stereocenters. The van der Waals surface area contributed by atoms with E-state index in [1.54, 1.807) is 12.1 Å². The predicted molar refractivity (Wildman–Crippen MR) is 111 cm³/mol. The fraction of sp³-hybridized carbons (Fsp3) is 0.304. The SMILES string of the molecule is COc1cc(C(=O)N2CCC3(CC2)Oc2ccccc2-c2c3cnn2C)ccc1O. The van der Waals surface area contributed by atoms with E-state index in [0.717, 1.165) is 22.6 Å². The van der Waals surface area contributed by atoms with Gasteiger partial charge in [0.1, 0.15) is 11.4 Å². The van der Waals surface area contributed by atoms with Crippen molar-refractivity contribution in [2.45, 2.75) is 18.4 Å². The number of phenolic OH excluding ortho intramolecular Hbond substituents is 1. The number of likely N-dealkylation sites (tertiary alicyclic amines) is 1. The second-order valence-corrected chi connectivity index (χ2v) is 7.80. The molecule has 30 heavy (non-hydrogen) atoms. The Morgan fingerprint density at radius 3 is 2.73 bits per heavy atom. The number of ether oxygens (including phenoxy) is 2. The average molecular weight is 405 g/mol. The zero-order chi connectivity index (χ0) is 20.9. The summed E-state index contributed by atoms with van der Waals surface area (Å²) in [5.41, 5.74) is 3.23. The van der Waals surface area contributed by atoms with Crippen molar-refractivity contribution in [3.63, 3.8) is 0 Å². The third kappa shape index (κ3) is 2.73. The highest BCUT2D eigenvalue weighted by molar-refractivity contribution is 5.95. The number of benzene rings is 2. The van der Waals surface area contributed by atoms with E-state index in [1.807, 2.05) is 41.0 Å². The number of hydrogen-bond donors (Lipinski definition) is 1. The molecule has 1 aromatic heterocycles. The summed E-state index contributed by atoms with van der Waals surface area (Å²) in [5, 5.41) is 14.3. The van der Waals surface area contributed by atoms with Gasteiger partial charge in [-0.1, -0.05) is 12.1 Å². The van der Waals surface area contributed by atoms with E-state index >= 15 is 0 Å². The van der Waals surface area contributed by atoms with Crippen molar-refractivity contribution < 1.29 is 19.4 Å². The minimum atomic E-state index is -0.485. The zero-order valence-corrected chi connectivity index (χ0v) is 17.0. The van der Waals surface area contributed by atoms with Gasteiger partial charge in [-0.2, -0.15) is 5.10 Å². The van der Waals surface area contributed by atoms with Gasteiger partial charge in [-0.3, -0.25) is 9.48 Å². The molecule has 154 valence electrons. The summed E-state index contributed by atoms with van der Waals surface area (Å²) in [6.45, 7) is 1.14. The van der Waals surface area contributed by atoms with Crippen molar-refractivity contribution in [2.75, 3.05) is 20.2 Å². The van der Waals surface area contributed by atoms with Gasteiger partial charge in [0.25, 0.3) is 5.91 Å². The first-order valence-electron chi connectivity index (χ1n) is 9.99. The number of aromatic nitrogens is 2. The Balaban J connectivity index is 1.41. The number of hydrogen-bond acceptors (Lipinski definition) is 5. The normalized spacial score (nSPS) is 16.5. The van der Waals surface area contributed by atoms with E-state index in [-0.39, 0.29) is 11.7 Å². The Bertz CT molecular complexity index is 1130. The Labute approximate surface area is 174 Å². The van der Waals surface area contributed by atoms with Crippen molar-refractivity contribution in [1.82, 2.24) is 14.7 Å². The maximum atomic E-state index is 13.0. The fourth-order valence-corrected chi connectivity index (χ4v) is 4.54. The van der Waals surface area contributed by atoms with Gasteiger partial charge in [0.15, 0.2) is 11.5 Å². The van der Waals surface area contributed by atoms with Gasteiger partial charge in [-0.15, -0.1) is 0 Å². The monoisotopic (exact) mass is 405 g/mol. The first kappa shape index (κ1) is 18.5. The fourth-order valence-electron chi connectivity index (χ4n) is 4.54. The summed E-state index contributed by atoms with van der Waals surface area (Å²) in [4.78, 5) is 14.9. The molecular formula is C23H23N3O4. The summed E-state index contributed by atoms with van der Waals surface area (Å²) in [5.74, 6) is 1.09. The molecule has 1 N–H and O–H groups in total. The van der Waals surface area contributed by atoms with Crippen LogP contribution in [-0.2, 0) is 12.6 Å². The largest absolute Gasteiger partial charge is 0.504 e. The highest BCUT2D eigenvalue weighted by Gasteiger charge is 2.45. The topological polar surface area (TPSA) is 76.8 Å². The van der Waals surface area contributed by atoms with E-state index in [2.05, 4.69) is 11.2 Å². The molecule has 2 aliphatic heterocycles. The minimum Gasteiger partial charge on any atom is -0.504 e. The standard InChI is InChI=1S/C23H23N3O4/c1-25-21-16-5-3-4-6-19(16)30-23(17(21)14-24-25)9-11-26(12-10-23)22(28)15-7-8-18(27)20(13-15)29-2/h3-8,13-14,27H,9-12H2,1-2H3. The lowest BCUT2D eigenvalue weighted by Crippen LogP contribution is -2.49. The van der Waals surface area contributed by atoms with Gasteiger partial charge >= 0.3 is 0 Å². The number of aromatic hydroxyl groups is 1. The van der Waals surface area contributed by atoms with Crippen molar-refractivity contribution >= 4 is 5.91 Å². The Morgan fingerprint density at radius 1 is 1.20 bits per heavy atom. The van der Waals surface area contributed by atoms with Gasteiger partial charge in [0.2, 0.25) is 0 Å². The lowest BCUT2D eigenvalue weighted by Gasteiger charge is -2.44. The van der Waals surface area contributed by atoms with E-state index in [0.29, 0.717) is 37.2 Å². The van der Waals surface area contributed by atoms with Crippen LogP contribution in [0, 0.1) is 0 Å². The number of amides is 1. The first-order valence-corrected chi connectivity index (χ1v) is 9.99. The number of para-hydroxylation sites is 1. The molecule has 2 aromatic carbocycles. The van der Waals surface area contributed by atoms with Crippen LogP contribution in [0.2, 0.25) is 0 Å². The molecular weight excluding hydrogens is 382 g/mol. The smallest absolute Gasteiger partial charge is 0.253 e. The quantitative estimate of drug-likeness (QED) is 0.708. The molecule has 3 aromatic rings. The molecule has 1 amide bonds. The van der Waals surface area contributed by atoms with Crippen molar-refractivity contribution in [3.05, 3.63) is 59.8 Å². The van der Waals surface area contributed by atoms with E-state index in [4.69, 9.17) is 9.47 Å². The third-order valence-electron chi connectivity index (χ3n) is 6.16. The van der Waals surface area contributed by atoms with Gasteiger partial charge in [0.05, 0.1) is 19.0 Å². The number of carbonyl (C=O) groups is 1. The van der Waals surface area contributed by atoms with Crippen molar-refractivity contribution in [2.24, 2.45) is 7.05 Å². The molecule has 7 nitrogen and oxygen atoms in total. The second-order valence-electron chi connectivity index (χ2n) is 7.80. The maximum absolute atomic E-state index is 13.0. The molecule has 2 aliphatic rings. The summed E-state index contributed by atoms with van der Waals surface area (Å²) < 4.78 is 13.6. The summed E-state index contributed by atoms with van der Waals surface area (Å²) >= 11 is 0. The first-order chi connectivity index (χ1) is 14.5. The van der Waals surface area contributed by atoms with Crippen LogP contribution in [0.3, 0.4) is 0 Å². The lowest BCUT2D eigenvalue weighted by atomic mass is 9.81. The summed E-state index contributed by atoms with van der Waals surface area (Å²) in [6, 6.07) is 12.7. The number of phenols is 1. The molecule has 7 heteroatoms. The van der Waals surface area contributed by atoms with Gasteiger partial charge < -0.3 is 19.5 Å². The number of piperidine rings is 1. The minimum absolute atomic E-state index is 0.0185. The predicted octanol–water partition coefficient (Wildman–Crippen LogP) is 3.33. The highest BCUT2D eigenvalue weighted by Crippen LogP contribution is 2.49. The Hall–Kier alpha value is -3.48. The van der Waals surface area contributed by atoms with E-state index in [9.17, 15) is 9.90 Å². The number of aryl methyl sites for hydroxylation is 1. The zero-order valence-electron chi connectivity index (χ0n) is 17.0. The average Bonchev–Trinajstić information content (AvgIpc) is 3.17. The van der Waals surface area contributed by atoms with Crippen LogP contribution in [0.4, 0.5) is 0 Å². The number of carbonyl (C=O) groups excluding carboxylic acids is 1. The van der Waals surface area contributed by atoms with Crippen molar-refractivity contribution in [3.8, 4) is 28.5 Å². The molecule has 1 spiro atoms. The van der Waals surface area contributed by atoms with Crippen LogP contribution in [0.15, 0.2) is 48.7 Å². The van der Waals surface area contributed by atoms with E-state index < -0.39 is 5.60 Å². The maximum Gasteiger partial charge on any atom is 0.253 e. The number of fused-ring (bicyclic) bond motifs is 4. The van der Waals surface area contributed by atoms with Crippen LogP contribution in [0.25, 0.3) is 11.3 Å². The molecule has 0 bridgehead atoms. The van der Waals surface area contributed by atoms with Gasteiger partial charge in [-0.05, 0) is 30.3 Å². The van der Waals surface area contributed by atoms with Crippen LogP contribution in [0.5, 0.6) is 17.2 Å². The molecule has 0 saturated carbocycles. The molecule has 0 unspecified atom stereocenters. The van der Waals surface area contributed by atoms with Crippen LogP contribution < -0.4 is 9.47 Å². The number of nitrogens with zero attached hydrogens (tertiary/aromatic N) is 3. The van der Waals surface area contributed by atoms with Gasteiger partial charge in [-0.25, -0.2) is 0 Å². The van der Waals surface area contributed by atoms with Crippen molar-refractivity contribution in [1.29, 1.82) is 0 Å². The van der Waals surface area contributed by atoms with Gasteiger partial charge in [0, 0.05) is 49.7 Å². The van der Waals surface area contributed by atoms with Crippen LogP contribution in [0.1, 0.15) is 28.8 Å². The Morgan fingerprint density at radius 2 is 1.97 bits per heavy atom. The second kappa shape index (κ2) is 6.79. The Kier molecular flexibility index (Phi) is 4.20. The molecule has 1 saturated heterocycles. The van der Waals surface area contributed by atoms with Crippen LogP contribution >= 0.6 is 0 Å². The molecule has 1 fully saturated rings. The molecule has 5 rings (SSSR count). The molecule has 0 radical (unpaired) electrons. The van der Waals surface area contributed by atoms with Crippen LogP contribution in [-0.4, -0.2) is 45.9 Å². The molecule has 0 aliphatic carbocycles. The third-order valence-corrected chi connectivity index (χ3v) is 6.16. The van der Waals surface area contributed by atoms with E-state index in [1.165, 1.54) is 13.2 Å². The summed E-state index contributed by atoms with van der Waals surface area (Å²) in [6.07, 6.45) is 3.26. The lowest BCUT2D eigenvalue weighted by molar-refractivity contribution is -0.00173. The highest BCUT2D eigenvalue weighted by atomic mass is 16.5. The molecule has 3 heterocycles.